The van der Waals surface area contributed by atoms with Crippen molar-refractivity contribution < 1.29 is 23.4 Å². The van der Waals surface area contributed by atoms with Crippen molar-refractivity contribution in [2.24, 2.45) is 0 Å². The van der Waals surface area contributed by atoms with E-state index in [2.05, 4.69) is 15.0 Å². The van der Waals surface area contributed by atoms with Gasteiger partial charge in [-0.15, -0.1) is 0 Å². The molecule has 1 aromatic carbocycles. The lowest BCUT2D eigenvalue weighted by atomic mass is 10.1. The van der Waals surface area contributed by atoms with Crippen molar-refractivity contribution >= 4 is 0 Å². The number of aliphatic hydroxyl groups excluding tert-OH is 1. The minimum atomic E-state index is -2.81. The second kappa shape index (κ2) is 9.12. The molecule has 0 amide bonds. The molecule has 2 N–H and O–H groups in total. The molecule has 2 atom stereocenters. The van der Waals surface area contributed by atoms with Gasteiger partial charge in [-0.3, -0.25) is 4.90 Å². The van der Waals surface area contributed by atoms with Gasteiger partial charge in [-0.25, -0.2) is 0 Å². The van der Waals surface area contributed by atoms with Crippen molar-refractivity contribution in [1.82, 2.24) is 10.2 Å². The molecule has 0 aliphatic carbocycles. The summed E-state index contributed by atoms with van der Waals surface area (Å²) < 4.78 is 33.8. The lowest BCUT2D eigenvalue weighted by Gasteiger charge is -2.29. The molecule has 1 aliphatic rings. The quantitative estimate of drug-likeness (QED) is 0.759. The van der Waals surface area contributed by atoms with Crippen LogP contribution in [0.5, 0.6) is 5.75 Å². The Morgan fingerprint density at radius 3 is 2.52 bits per heavy atom. The van der Waals surface area contributed by atoms with Crippen LogP contribution in [-0.4, -0.2) is 62.1 Å². The molecule has 130 valence electrons. The maximum atomic E-state index is 12.1. The minimum absolute atomic E-state index is 0.00920. The van der Waals surface area contributed by atoms with Crippen LogP contribution in [0.3, 0.4) is 0 Å². The summed E-state index contributed by atoms with van der Waals surface area (Å²) in [5.41, 5.74) is 0.949. The summed E-state index contributed by atoms with van der Waals surface area (Å²) in [7, 11) is 0. The molecule has 0 spiro atoms. The van der Waals surface area contributed by atoms with Gasteiger partial charge >= 0.3 is 6.61 Å². The zero-order valence-corrected chi connectivity index (χ0v) is 13.3. The average Bonchev–Trinajstić information content (AvgIpc) is 2.54. The number of nitrogens with zero attached hydrogens (tertiary/aromatic N) is 1. The summed E-state index contributed by atoms with van der Waals surface area (Å²) in [6, 6.07) is 6.52. The highest BCUT2D eigenvalue weighted by atomic mass is 19.3. The molecular formula is C16H24F2N2O3. The van der Waals surface area contributed by atoms with Gasteiger partial charge in [0.25, 0.3) is 0 Å². The lowest BCUT2D eigenvalue weighted by molar-refractivity contribution is -0.0498. The predicted molar refractivity (Wildman–Crippen MR) is 82.8 cm³/mol. The first kappa shape index (κ1) is 18.1. The molecule has 1 fully saturated rings. The second-order valence-electron chi connectivity index (χ2n) is 5.64. The smallest absolute Gasteiger partial charge is 0.387 e. The number of benzene rings is 1. The Balaban J connectivity index is 1.73. The van der Waals surface area contributed by atoms with Crippen molar-refractivity contribution in [3.63, 3.8) is 0 Å². The minimum Gasteiger partial charge on any atom is -0.435 e. The number of nitrogens with one attached hydrogen (secondary N) is 1. The molecule has 1 heterocycles. The molecule has 0 saturated carbocycles. The van der Waals surface area contributed by atoms with Gasteiger partial charge in [-0.2, -0.15) is 8.78 Å². The summed E-state index contributed by atoms with van der Waals surface area (Å²) in [6.07, 6.45) is -0.461. The number of β-amino-alcohol motifs (C(OH)–C–C–N with tert-alkyl or cyclic N) is 1. The molecule has 5 nitrogen and oxygen atoms in total. The standard InChI is InChI=1S/C16H24F2N2O3/c1-12(13-2-4-15(5-3-13)23-16(17)18)19-10-14(21)11-20-6-8-22-9-7-20/h2-5,12,14,16,19,21H,6-11H2,1H3. The number of rotatable bonds is 8. The highest BCUT2D eigenvalue weighted by Crippen LogP contribution is 2.19. The zero-order valence-electron chi connectivity index (χ0n) is 13.3. The van der Waals surface area contributed by atoms with E-state index in [0.29, 0.717) is 26.3 Å². The number of hydrogen-bond donors (Lipinski definition) is 2. The van der Waals surface area contributed by atoms with Gasteiger partial charge in [0.1, 0.15) is 5.75 Å². The Kier molecular flexibility index (Phi) is 7.16. The van der Waals surface area contributed by atoms with E-state index >= 15 is 0 Å². The van der Waals surface area contributed by atoms with E-state index in [1.807, 2.05) is 6.92 Å². The molecule has 2 rings (SSSR count). The van der Waals surface area contributed by atoms with Gasteiger partial charge in [0.2, 0.25) is 0 Å². The fourth-order valence-corrected chi connectivity index (χ4v) is 2.51. The van der Waals surface area contributed by atoms with Crippen molar-refractivity contribution in [3.8, 4) is 5.75 Å². The third-order valence-electron chi connectivity index (χ3n) is 3.84. The average molecular weight is 330 g/mol. The van der Waals surface area contributed by atoms with Gasteiger partial charge in [-0.05, 0) is 24.6 Å². The van der Waals surface area contributed by atoms with E-state index in [4.69, 9.17) is 4.74 Å². The monoisotopic (exact) mass is 330 g/mol. The van der Waals surface area contributed by atoms with Crippen LogP contribution in [-0.2, 0) is 4.74 Å². The van der Waals surface area contributed by atoms with Crippen LogP contribution in [0.15, 0.2) is 24.3 Å². The first-order chi connectivity index (χ1) is 11.0. The highest BCUT2D eigenvalue weighted by Gasteiger charge is 2.15. The number of morpholine rings is 1. The molecule has 23 heavy (non-hydrogen) atoms. The van der Waals surface area contributed by atoms with Crippen molar-refractivity contribution in [3.05, 3.63) is 29.8 Å². The number of aliphatic hydroxyl groups is 1. The van der Waals surface area contributed by atoms with E-state index in [1.54, 1.807) is 12.1 Å². The van der Waals surface area contributed by atoms with Gasteiger partial charge < -0.3 is 19.9 Å². The molecule has 1 saturated heterocycles. The molecule has 1 aliphatic heterocycles. The topological polar surface area (TPSA) is 54.0 Å². The number of alkyl halides is 2. The third-order valence-corrected chi connectivity index (χ3v) is 3.84. The second-order valence-corrected chi connectivity index (χ2v) is 5.64. The Morgan fingerprint density at radius 1 is 1.26 bits per heavy atom. The summed E-state index contributed by atoms with van der Waals surface area (Å²) in [4.78, 5) is 2.18. The maximum absolute atomic E-state index is 12.1. The van der Waals surface area contributed by atoms with E-state index in [0.717, 1.165) is 18.7 Å². The van der Waals surface area contributed by atoms with Crippen LogP contribution in [0.4, 0.5) is 8.78 Å². The summed E-state index contributed by atoms with van der Waals surface area (Å²) in [5, 5.41) is 13.3. The Hall–Kier alpha value is -1.28. The van der Waals surface area contributed by atoms with Crippen LogP contribution in [0.2, 0.25) is 0 Å². The molecule has 2 unspecified atom stereocenters. The molecule has 0 radical (unpaired) electrons. The summed E-state index contributed by atoms with van der Waals surface area (Å²) in [5.74, 6) is 0.142. The summed E-state index contributed by atoms with van der Waals surface area (Å²) >= 11 is 0. The fourth-order valence-electron chi connectivity index (χ4n) is 2.51. The Bertz CT molecular complexity index is 453. The molecular weight excluding hydrogens is 306 g/mol. The van der Waals surface area contributed by atoms with Crippen LogP contribution in [0, 0.1) is 0 Å². The van der Waals surface area contributed by atoms with Crippen LogP contribution in [0.25, 0.3) is 0 Å². The van der Waals surface area contributed by atoms with E-state index in [9.17, 15) is 13.9 Å². The van der Waals surface area contributed by atoms with Crippen LogP contribution in [0.1, 0.15) is 18.5 Å². The number of halogens is 2. The highest BCUT2D eigenvalue weighted by molar-refractivity contribution is 5.28. The lowest BCUT2D eigenvalue weighted by Crippen LogP contribution is -2.44. The maximum Gasteiger partial charge on any atom is 0.387 e. The summed E-state index contributed by atoms with van der Waals surface area (Å²) in [6.45, 7) is 3.35. The van der Waals surface area contributed by atoms with Crippen LogP contribution < -0.4 is 10.1 Å². The van der Waals surface area contributed by atoms with Crippen LogP contribution >= 0.6 is 0 Å². The number of hydrogen-bond acceptors (Lipinski definition) is 5. The first-order valence-corrected chi connectivity index (χ1v) is 7.81. The number of ether oxygens (including phenoxy) is 2. The SMILES string of the molecule is CC(NCC(O)CN1CCOCC1)c1ccc(OC(F)F)cc1. The Labute approximate surface area is 135 Å². The third kappa shape index (κ3) is 6.39. The van der Waals surface area contributed by atoms with Gasteiger partial charge in [-0.1, -0.05) is 12.1 Å². The molecule has 1 aromatic rings. The van der Waals surface area contributed by atoms with Gasteiger partial charge in [0, 0.05) is 32.2 Å². The van der Waals surface area contributed by atoms with E-state index in [1.165, 1.54) is 12.1 Å². The molecule has 7 heteroatoms. The largest absolute Gasteiger partial charge is 0.435 e. The van der Waals surface area contributed by atoms with Gasteiger partial charge in [0.05, 0.1) is 19.3 Å². The fraction of sp³-hybridized carbons (Fsp3) is 0.625. The first-order valence-electron chi connectivity index (χ1n) is 7.81. The Morgan fingerprint density at radius 2 is 1.91 bits per heavy atom. The molecule has 0 aromatic heterocycles. The predicted octanol–water partition coefficient (Wildman–Crippen LogP) is 1.63. The normalized spacial score (nSPS) is 18.8. The van der Waals surface area contributed by atoms with Crippen molar-refractivity contribution in [2.45, 2.75) is 25.7 Å². The molecule has 0 bridgehead atoms. The zero-order chi connectivity index (χ0) is 16.7. The van der Waals surface area contributed by atoms with Crippen molar-refractivity contribution in [1.29, 1.82) is 0 Å². The van der Waals surface area contributed by atoms with Crippen molar-refractivity contribution in [2.75, 3.05) is 39.4 Å². The van der Waals surface area contributed by atoms with E-state index < -0.39 is 12.7 Å². The van der Waals surface area contributed by atoms with E-state index in [-0.39, 0.29) is 11.8 Å². The van der Waals surface area contributed by atoms with Gasteiger partial charge in [0.15, 0.2) is 0 Å².